The van der Waals surface area contributed by atoms with Crippen molar-refractivity contribution in [1.29, 1.82) is 0 Å². The molecule has 76 valence electrons. The molecular formula is C6H4F2N2O4. The van der Waals surface area contributed by atoms with E-state index in [9.17, 15) is 23.7 Å². The van der Waals surface area contributed by atoms with Crippen LogP contribution < -0.4 is 5.43 Å². The molecule has 1 aromatic heterocycles. The summed E-state index contributed by atoms with van der Waals surface area (Å²) in [5.74, 6) is -2.31. The van der Waals surface area contributed by atoms with Gasteiger partial charge in [0.2, 0.25) is 5.43 Å². The fourth-order valence-electron chi connectivity index (χ4n) is 0.808. The minimum Gasteiger partial charge on any atom is -0.498 e. The van der Waals surface area contributed by atoms with E-state index in [4.69, 9.17) is 5.11 Å². The van der Waals surface area contributed by atoms with E-state index in [1.807, 2.05) is 0 Å². The zero-order valence-corrected chi connectivity index (χ0v) is 6.53. The van der Waals surface area contributed by atoms with Crippen LogP contribution in [-0.2, 0) is 0 Å². The van der Waals surface area contributed by atoms with Gasteiger partial charge < -0.3 is 15.2 Å². The highest BCUT2D eigenvalue weighted by Gasteiger charge is 2.21. The first-order valence-corrected chi connectivity index (χ1v) is 3.32. The summed E-state index contributed by atoms with van der Waals surface area (Å²) in [5.41, 5.74) is -2.12. The molecule has 0 aliphatic rings. The predicted molar refractivity (Wildman–Crippen MR) is 40.3 cm³/mol. The third kappa shape index (κ3) is 1.68. The molecule has 0 aliphatic carbocycles. The van der Waals surface area contributed by atoms with Gasteiger partial charge >= 0.3 is 5.82 Å². The van der Waals surface area contributed by atoms with E-state index in [-0.39, 0.29) is 0 Å². The molecule has 0 aromatic carbocycles. The molecule has 14 heavy (non-hydrogen) atoms. The minimum absolute atomic E-state index is 0.410. The SMILES string of the molecule is O=c1cc(C(F)F)[nH]c([N+](=O)[O-])c1O. The molecule has 0 bridgehead atoms. The molecule has 0 saturated carbocycles. The van der Waals surface area contributed by atoms with Crippen molar-refractivity contribution in [3.63, 3.8) is 0 Å². The van der Waals surface area contributed by atoms with E-state index in [2.05, 4.69) is 0 Å². The number of alkyl halides is 2. The van der Waals surface area contributed by atoms with E-state index in [0.717, 1.165) is 0 Å². The Balaban J connectivity index is 3.43. The second kappa shape index (κ2) is 3.40. The van der Waals surface area contributed by atoms with Crippen LogP contribution in [0.15, 0.2) is 10.9 Å². The smallest absolute Gasteiger partial charge is 0.367 e. The zero-order valence-electron chi connectivity index (χ0n) is 6.53. The molecule has 0 spiro atoms. The van der Waals surface area contributed by atoms with Crippen LogP contribution in [0.5, 0.6) is 5.75 Å². The van der Waals surface area contributed by atoms with Crippen LogP contribution in [0.2, 0.25) is 0 Å². The monoisotopic (exact) mass is 206 g/mol. The third-order valence-corrected chi connectivity index (χ3v) is 1.42. The normalized spacial score (nSPS) is 10.5. The number of aromatic nitrogens is 1. The van der Waals surface area contributed by atoms with Gasteiger partial charge in [-0.15, -0.1) is 0 Å². The molecule has 0 unspecified atom stereocenters. The van der Waals surface area contributed by atoms with E-state index in [1.54, 1.807) is 4.98 Å². The number of pyridine rings is 1. The lowest BCUT2D eigenvalue weighted by atomic mass is 10.3. The van der Waals surface area contributed by atoms with E-state index < -0.39 is 34.0 Å². The number of nitro groups is 1. The van der Waals surface area contributed by atoms with Crippen molar-refractivity contribution in [1.82, 2.24) is 4.98 Å². The Labute approximate surface area is 75.0 Å². The fourth-order valence-corrected chi connectivity index (χ4v) is 0.808. The summed E-state index contributed by atoms with van der Waals surface area (Å²) in [5, 5.41) is 19.0. The van der Waals surface area contributed by atoms with Crippen molar-refractivity contribution < 1.29 is 18.8 Å². The van der Waals surface area contributed by atoms with Crippen molar-refractivity contribution in [2.45, 2.75) is 6.43 Å². The van der Waals surface area contributed by atoms with Crippen LogP contribution in [0.1, 0.15) is 12.1 Å². The summed E-state index contributed by atoms with van der Waals surface area (Å²) in [6, 6.07) is 0.410. The summed E-state index contributed by atoms with van der Waals surface area (Å²) in [6.07, 6.45) is -3.04. The molecular weight excluding hydrogens is 202 g/mol. The number of hydrogen-bond donors (Lipinski definition) is 2. The van der Waals surface area contributed by atoms with Gasteiger partial charge in [0.05, 0.1) is 0 Å². The third-order valence-electron chi connectivity index (χ3n) is 1.42. The fraction of sp³-hybridized carbons (Fsp3) is 0.167. The summed E-state index contributed by atoms with van der Waals surface area (Å²) in [4.78, 5) is 21.4. The van der Waals surface area contributed by atoms with Crippen molar-refractivity contribution >= 4 is 5.82 Å². The lowest BCUT2D eigenvalue weighted by Gasteiger charge is -1.99. The van der Waals surface area contributed by atoms with Crippen molar-refractivity contribution in [3.8, 4) is 5.75 Å². The Morgan fingerprint density at radius 1 is 1.57 bits per heavy atom. The molecule has 1 aromatic rings. The maximum atomic E-state index is 12.0. The summed E-state index contributed by atoms with van der Waals surface area (Å²) in [6.45, 7) is 0. The van der Waals surface area contributed by atoms with Gasteiger partial charge in [-0.25, -0.2) is 13.8 Å². The van der Waals surface area contributed by atoms with Gasteiger partial charge in [0.1, 0.15) is 0 Å². The second-order valence-corrected chi connectivity index (χ2v) is 2.34. The Kier molecular flexibility index (Phi) is 2.45. The van der Waals surface area contributed by atoms with Crippen molar-refractivity contribution in [2.75, 3.05) is 0 Å². The zero-order chi connectivity index (χ0) is 10.9. The van der Waals surface area contributed by atoms with Crippen LogP contribution in [0.4, 0.5) is 14.6 Å². The van der Waals surface area contributed by atoms with E-state index in [0.29, 0.717) is 6.07 Å². The Morgan fingerprint density at radius 3 is 2.57 bits per heavy atom. The topological polar surface area (TPSA) is 96.2 Å². The Bertz CT molecular complexity index is 428. The number of nitrogens with one attached hydrogen (secondary N) is 1. The van der Waals surface area contributed by atoms with Gasteiger partial charge in [0, 0.05) is 6.07 Å². The van der Waals surface area contributed by atoms with Gasteiger partial charge in [-0.1, -0.05) is 0 Å². The number of aromatic amines is 1. The Morgan fingerprint density at radius 2 is 2.14 bits per heavy atom. The van der Waals surface area contributed by atoms with Gasteiger partial charge in [-0.2, -0.15) is 0 Å². The van der Waals surface area contributed by atoms with Crippen molar-refractivity contribution in [2.24, 2.45) is 0 Å². The molecule has 0 atom stereocenters. The van der Waals surface area contributed by atoms with Crippen LogP contribution >= 0.6 is 0 Å². The van der Waals surface area contributed by atoms with E-state index >= 15 is 0 Å². The predicted octanol–water partition coefficient (Wildman–Crippen LogP) is 0.926. The first-order chi connectivity index (χ1) is 6.43. The Hall–Kier alpha value is -1.99. The highest BCUT2D eigenvalue weighted by molar-refractivity contribution is 5.39. The maximum Gasteiger partial charge on any atom is 0.367 e. The molecule has 0 saturated heterocycles. The molecule has 6 nitrogen and oxygen atoms in total. The number of nitrogens with zero attached hydrogens (tertiary/aromatic N) is 1. The first kappa shape index (κ1) is 10.1. The number of halogens is 2. The van der Waals surface area contributed by atoms with Crippen LogP contribution in [0.25, 0.3) is 0 Å². The molecule has 0 amide bonds. The molecule has 0 radical (unpaired) electrons. The highest BCUT2D eigenvalue weighted by Crippen LogP contribution is 2.22. The average Bonchev–Trinajstić information content (AvgIpc) is 2.08. The lowest BCUT2D eigenvalue weighted by molar-refractivity contribution is -0.390. The van der Waals surface area contributed by atoms with E-state index in [1.165, 1.54) is 0 Å². The molecule has 0 aliphatic heterocycles. The number of H-pyrrole nitrogens is 1. The number of hydrogen-bond acceptors (Lipinski definition) is 4. The summed E-state index contributed by atoms with van der Waals surface area (Å²) < 4.78 is 24.1. The standard InChI is InChI=1S/C6H4F2N2O4/c7-5(8)2-1-3(11)4(12)6(9-2)10(13)14/h1,5,12H,(H,9,11). The lowest BCUT2D eigenvalue weighted by Crippen LogP contribution is -2.08. The first-order valence-electron chi connectivity index (χ1n) is 3.32. The van der Waals surface area contributed by atoms with Gasteiger partial charge in [-0.05, 0) is 4.92 Å². The molecule has 0 fully saturated rings. The number of rotatable bonds is 2. The number of aromatic hydroxyl groups is 1. The molecule has 8 heteroatoms. The van der Waals surface area contributed by atoms with Gasteiger partial charge in [0.15, 0.2) is 5.69 Å². The minimum atomic E-state index is -3.04. The maximum absolute atomic E-state index is 12.0. The largest absolute Gasteiger partial charge is 0.498 e. The summed E-state index contributed by atoms with van der Waals surface area (Å²) >= 11 is 0. The molecule has 1 heterocycles. The quantitative estimate of drug-likeness (QED) is 0.555. The van der Waals surface area contributed by atoms with Crippen molar-refractivity contribution in [3.05, 3.63) is 32.1 Å². The average molecular weight is 206 g/mol. The van der Waals surface area contributed by atoms with Crippen LogP contribution in [0.3, 0.4) is 0 Å². The summed E-state index contributed by atoms with van der Waals surface area (Å²) in [7, 11) is 0. The highest BCUT2D eigenvalue weighted by atomic mass is 19.3. The van der Waals surface area contributed by atoms with Crippen LogP contribution in [0, 0.1) is 10.1 Å². The molecule has 2 N–H and O–H groups in total. The molecule has 1 rings (SSSR count). The van der Waals surface area contributed by atoms with Crippen LogP contribution in [-0.4, -0.2) is 15.0 Å². The van der Waals surface area contributed by atoms with Gasteiger partial charge in [0.25, 0.3) is 12.2 Å². The van der Waals surface area contributed by atoms with Gasteiger partial charge in [-0.3, -0.25) is 4.79 Å². The second-order valence-electron chi connectivity index (χ2n) is 2.34.